The van der Waals surface area contributed by atoms with Crippen LogP contribution in [0.25, 0.3) is 10.9 Å². The zero-order valence-electron chi connectivity index (χ0n) is 10.4. The number of pyridine rings is 1. The summed E-state index contributed by atoms with van der Waals surface area (Å²) < 4.78 is 1.03. The van der Waals surface area contributed by atoms with Crippen LogP contribution < -0.4 is 0 Å². The first kappa shape index (κ1) is 13.9. The fourth-order valence-corrected chi connectivity index (χ4v) is 2.96. The fourth-order valence-electron chi connectivity index (χ4n) is 2.16. The van der Waals surface area contributed by atoms with Crippen LogP contribution in [-0.4, -0.2) is 4.98 Å². The highest BCUT2D eigenvalue weighted by molar-refractivity contribution is 9.10. The quantitative estimate of drug-likeness (QED) is 0.515. The van der Waals surface area contributed by atoms with E-state index in [9.17, 15) is 0 Å². The van der Waals surface area contributed by atoms with Gasteiger partial charge in [0.1, 0.15) is 5.15 Å². The average molecular weight is 367 g/mol. The molecule has 0 spiro atoms. The summed E-state index contributed by atoms with van der Waals surface area (Å²) in [6, 6.07) is 15.8. The Kier molecular flexibility index (Phi) is 3.97. The third-order valence-corrected chi connectivity index (χ3v) is 4.14. The molecule has 1 heterocycles. The molecule has 0 saturated carbocycles. The van der Waals surface area contributed by atoms with Crippen molar-refractivity contribution in [2.24, 2.45) is 0 Å². The van der Waals surface area contributed by atoms with Gasteiger partial charge in [0, 0.05) is 21.3 Å². The van der Waals surface area contributed by atoms with Gasteiger partial charge in [-0.15, -0.1) is 0 Å². The zero-order valence-corrected chi connectivity index (χ0v) is 13.5. The van der Waals surface area contributed by atoms with Crippen LogP contribution in [0.15, 0.2) is 53.0 Å². The largest absolute Gasteiger partial charge is 0.236 e. The molecule has 3 rings (SSSR count). The van der Waals surface area contributed by atoms with Gasteiger partial charge in [0.25, 0.3) is 0 Å². The Bertz CT molecular complexity index is 787. The van der Waals surface area contributed by atoms with Crippen LogP contribution in [0.4, 0.5) is 0 Å². The van der Waals surface area contributed by atoms with Crippen molar-refractivity contribution in [1.29, 1.82) is 0 Å². The Labute approximate surface area is 135 Å². The SMILES string of the molecule is Clc1cccc(Cc2cc3cc(Br)ccc3nc2Cl)c1. The second-order valence-corrected chi connectivity index (χ2v) is 6.29. The molecule has 0 aliphatic carbocycles. The number of hydrogen-bond acceptors (Lipinski definition) is 1. The Hall–Kier alpha value is -1.09. The predicted octanol–water partition coefficient (Wildman–Crippen LogP) is 5.89. The maximum atomic E-state index is 6.28. The minimum atomic E-state index is 0.541. The number of nitrogens with zero attached hydrogens (tertiary/aromatic N) is 1. The first-order valence-electron chi connectivity index (χ1n) is 6.11. The van der Waals surface area contributed by atoms with Gasteiger partial charge in [0.2, 0.25) is 0 Å². The average Bonchev–Trinajstić information content (AvgIpc) is 2.40. The van der Waals surface area contributed by atoms with Crippen molar-refractivity contribution >= 4 is 50.0 Å². The monoisotopic (exact) mass is 365 g/mol. The Balaban J connectivity index is 2.04. The van der Waals surface area contributed by atoms with E-state index >= 15 is 0 Å². The standard InChI is InChI=1S/C16H10BrCl2N/c17-13-4-5-15-11(9-13)8-12(16(19)20-15)6-10-2-1-3-14(18)7-10/h1-5,7-9H,6H2. The molecule has 0 N–H and O–H groups in total. The number of fused-ring (bicyclic) bond motifs is 1. The first-order chi connectivity index (χ1) is 9.61. The molecule has 0 unspecified atom stereocenters. The molecule has 0 amide bonds. The molecule has 2 aromatic carbocycles. The van der Waals surface area contributed by atoms with Gasteiger partial charge in [-0.1, -0.05) is 51.3 Å². The minimum absolute atomic E-state index is 0.541. The van der Waals surface area contributed by atoms with E-state index in [0.29, 0.717) is 5.15 Å². The van der Waals surface area contributed by atoms with Gasteiger partial charge in [-0.3, -0.25) is 0 Å². The topological polar surface area (TPSA) is 12.9 Å². The van der Waals surface area contributed by atoms with Crippen LogP contribution in [0.2, 0.25) is 10.2 Å². The van der Waals surface area contributed by atoms with Gasteiger partial charge in [0.15, 0.2) is 0 Å². The highest BCUT2D eigenvalue weighted by Crippen LogP contribution is 2.25. The van der Waals surface area contributed by atoms with Gasteiger partial charge in [-0.2, -0.15) is 0 Å². The van der Waals surface area contributed by atoms with E-state index in [4.69, 9.17) is 23.2 Å². The van der Waals surface area contributed by atoms with Crippen molar-refractivity contribution in [1.82, 2.24) is 4.98 Å². The molecule has 0 radical (unpaired) electrons. The van der Waals surface area contributed by atoms with Crippen molar-refractivity contribution in [3.05, 3.63) is 74.3 Å². The molecular weight excluding hydrogens is 357 g/mol. The van der Waals surface area contributed by atoms with Crippen molar-refractivity contribution in [3.63, 3.8) is 0 Å². The molecule has 1 aromatic heterocycles. The smallest absolute Gasteiger partial charge is 0.133 e. The lowest BCUT2D eigenvalue weighted by Gasteiger charge is -2.07. The van der Waals surface area contributed by atoms with E-state index in [-0.39, 0.29) is 0 Å². The molecule has 0 bridgehead atoms. The highest BCUT2D eigenvalue weighted by atomic mass is 79.9. The Morgan fingerprint density at radius 2 is 1.85 bits per heavy atom. The summed E-state index contributed by atoms with van der Waals surface area (Å²) in [4.78, 5) is 4.45. The summed E-state index contributed by atoms with van der Waals surface area (Å²) >= 11 is 15.8. The van der Waals surface area contributed by atoms with Crippen molar-refractivity contribution in [3.8, 4) is 0 Å². The third kappa shape index (κ3) is 2.98. The Morgan fingerprint density at radius 3 is 2.65 bits per heavy atom. The summed E-state index contributed by atoms with van der Waals surface area (Å²) in [7, 11) is 0. The molecule has 0 aliphatic heterocycles. The Morgan fingerprint density at radius 1 is 1.00 bits per heavy atom. The maximum absolute atomic E-state index is 6.28. The molecule has 3 aromatic rings. The summed E-state index contributed by atoms with van der Waals surface area (Å²) in [6.07, 6.45) is 0.717. The normalized spacial score (nSPS) is 10.9. The number of rotatable bonds is 2. The number of halogens is 3. The molecule has 20 heavy (non-hydrogen) atoms. The molecule has 0 atom stereocenters. The van der Waals surface area contributed by atoms with E-state index in [1.165, 1.54) is 0 Å². The molecule has 1 nitrogen and oxygen atoms in total. The zero-order chi connectivity index (χ0) is 14.1. The van der Waals surface area contributed by atoms with E-state index in [1.54, 1.807) is 0 Å². The van der Waals surface area contributed by atoms with Crippen molar-refractivity contribution < 1.29 is 0 Å². The summed E-state index contributed by atoms with van der Waals surface area (Å²) in [5.41, 5.74) is 3.02. The fraction of sp³-hybridized carbons (Fsp3) is 0.0625. The second-order valence-electron chi connectivity index (χ2n) is 4.58. The molecule has 4 heteroatoms. The minimum Gasteiger partial charge on any atom is -0.236 e. The van der Waals surface area contributed by atoms with Crippen LogP contribution in [0.5, 0.6) is 0 Å². The lowest BCUT2D eigenvalue weighted by Crippen LogP contribution is -1.93. The molecular formula is C16H10BrCl2N. The van der Waals surface area contributed by atoms with Crippen LogP contribution in [0.3, 0.4) is 0 Å². The molecule has 0 saturated heterocycles. The number of hydrogen-bond donors (Lipinski definition) is 0. The third-order valence-electron chi connectivity index (χ3n) is 3.09. The summed E-state index contributed by atoms with van der Waals surface area (Å²) in [5, 5.41) is 2.34. The second kappa shape index (κ2) is 5.72. The van der Waals surface area contributed by atoms with Crippen LogP contribution in [0.1, 0.15) is 11.1 Å². The summed E-state index contributed by atoms with van der Waals surface area (Å²) in [5.74, 6) is 0. The number of benzene rings is 2. The van der Waals surface area contributed by atoms with Crippen molar-refractivity contribution in [2.75, 3.05) is 0 Å². The van der Waals surface area contributed by atoms with Crippen LogP contribution in [-0.2, 0) is 6.42 Å². The lowest BCUT2D eigenvalue weighted by molar-refractivity contribution is 1.17. The molecule has 0 fully saturated rings. The van der Waals surface area contributed by atoms with E-state index in [0.717, 1.165) is 37.9 Å². The van der Waals surface area contributed by atoms with Gasteiger partial charge in [0.05, 0.1) is 5.52 Å². The molecule has 100 valence electrons. The van der Waals surface area contributed by atoms with Gasteiger partial charge in [-0.05, 0) is 47.5 Å². The lowest BCUT2D eigenvalue weighted by atomic mass is 10.0. The van der Waals surface area contributed by atoms with E-state index < -0.39 is 0 Å². The van der Waals surface area contributed by atoms with Crippen molar-refractivity contribution in [2.45, 2.75) is 6.42 Å². The predicted molar refractivity (Wildman–Crippen MR) is 88.7 cm³/mol. The van der Waals surface area contributed by atoms with Gasteiger partial charge >= 0.3 is 0 Å². The maximum Gasteiger partial charge on any atom is 0.133 e. The first-order valence-corrected chi connectivity index (χ1v) is 7.66. The van der Waals surface area contributed by atoms with Crippen LogP contribution >= 0.6 is 39.1 Å². The highest BCUT2D eigenvalue weighted by Gasteiger charge is 2.07. The van der Waals surface area contributed by atoms with E-state index in [2.05, 4.69) is 27.0 Å². The number of aromatic nitrogens is 1. The summed E-state index contributed by atoms with van der Waals surface area (Å²) in [6.45, 7) is 0. The van der Waals surface area contributed by atoms with Gasteiger partial charge < -0.3 is 0 Å². The van der Waals surface area contributed by atoms with Gasteiger partial charge in [-0.25, -0.2) is 4.98 Å². The van der Waals surface area contributed by atoms with Crippen LogP contribution in [0, 0.1) is 0 Å². The molecule has 0 aliphatic rings. The van der Waals surface area contributed by atoms with E-state index in [1.807, 2.05) is 42.5 Å².